The summed E-state index contributed by atoms with van der Waals surface area (Å²) in [6.45, 7) is 8.07. The van der Waals surface area contributed by atoms with E-state index in [0.717, 1.165) is 16.8 Å². The number of carbonyl (C=O) groups is 1. The van der Waals surface area contributed by atoms with Crippen LogP contribution in [-0.2, 0) is 0 Å². The van der Waals surface area contributed by atoms with Crippen molar-refractivity contribution < 1.29 is 4.79 Å². The molecule has 0 radical (unpaired) electrons. The average molecular weight is 282 g/mol. The molecule has 0 aliphatic rings. The van der Waals surface area contributed by atoms with E-state index in [9.17, 15) is 4.79 Å². The molecule has 21 heavy (non-hydrogen) atoms. The van der Waals surface area contributed by atoms with Crippen LogP contribution in [0.2, 0.25) is 0 Å². The number of carbonyl (C=O) groups excluding carboxylic acids is 1. The van der Waals surface area contributed by atoms with Gasteiger partial charge in [0.25, 0.3) is 0 Å². The molecule has 0 spiro atoms. The molecule has 2 aromatic carbocycles. The summed E-state index contributed by atoms with van der Waals surface area (Å²) >= 11 is 0. The van der Waals surface area contributed by atoms with Gasteiger partial charge in [-0.15, -0.1) is 0 Å². The molecule has 0 aliphatic carbocycles. The lowest BCUT2D eigenvalue weighted by Gasteiger charge is -2.17. The average Bonchev–Trinajstić information content (AvgIpc) is 2.42. The maximum atomic E-state index is 12.1. The molecule has 0 heterocycles. The Morgan fingerprint density at radius 2 is 1.71 bits per heavy atom. The Hall–Kier alpha value is -2.29. The minimum Gasteiger partial charge on any atom is -0.331 e. The fourth-order valence-corrected chi connectivity index (χ4v) is 2.46. The summed E-state index contributed by atoms with van der Waals surface area (Å²) in [7, 11) is 0. The fraction of sp³-hybridized carbons (Fsp3) is 0.278. The second-order valence-corrected chi connectivity index (χ2v) is 5.50. The highest BCUT2D eigenvalue weighted by Crippen LogP contribution is 2.18. The summed E-state index contributed by atoms with van der Waals surface area (Å²) in [5.41, 5.74) is 5.40. The summed E-state index contributed by atoms with van der Waals surface area (Å²) in [5, 5.41) is 5.88. The van der Waals surface area contributed by atoms with Gasteiger partial charge in [-0.1, -0.05) is 42.0 Å². The molecular formula is C18H22N2O. The van der Waals surface area contributed by atoms with Crippen molar-refractivity contribution in [1.82, 2.24) is 5.32 Å². The van der Waals surface area contributed by atoms with Gasteiger partial charge in [-0.05, 0) is 50.5 Å². The predicted molar refractivity (Wildman–Crippen MR) is 87.7 cm³/mol. The van der Waals surface area contributed by atoms with E-state index in [-0.39, 0.29) is 12.1 Å². The number of amides is 2. The zero-order chi connectivity index (χ0) is 15.4. The molecule has 110 valence electrons. The van der Waals surface area contributed by atoms with Crippen molar-refractivity contribution in [2.75, 3.05) is 5.32 Å². The van der Waals surface area contributed by atoms with E-state index < -0.39 is 0 Å². The van der Waals surface area contributed by atoms with Crippen molar-refractivity contribution in [2.45, 2.75) is 33.7 Å². The Bertz CT molecular complexity index is 649. The molecule has 1 atom stereocenters. The molecule has 0 aromatic heterocycles. The minimum atomic E-state index is -0.183. The number of hydrogen-bond acceptors (Lipinski definition) is 1. The number of anilines is 1. The Balaban J connectivity index is 2.03. The van der Waals surface area contributed by atoms with E-state index in [0.29, 0.717) is 0 Å². The molecule has 2 rings (SSSR count). The highest BCUT2D eigenvalue weighted by molar-refractivity contribution is 5.90. The molecule has 3 nitrogen and oxygen atoms in total. The van der Waals surface area contributed by atoms with Gasteiger partial charge in [0.1, 0.15) is 0 Å². The summed E-state index contributed by atoms with van der Waals surface area (Å²) in [4.78, 5) is 12.1. The van der Waals surface area contributed by atoms with Crippen LogP contribution in [-0.4, -0.2) is 6.03 Å². The molecule has 2 N–H and O–H groups in total. The smallest absolute Gasteiger partial charge is 0.319 e. The maximum Gasteiger partial charge on any atom is 0.319 e. The minimum absolute atomic E-state index is 0.0306. The molecule has 0 saturated heterocycles. The number of hydrogen-bond donors (Lipinski definition) is 2. The predicted octanol–water partition coefficient (Wildman–Crippen LogP) is 4.49. The van der Waals surface area contributed by atoms with E-state index in [1.165, 1.54) is 11.1 Å². The van der Waals surface area contributed by atoms with E-state index in [1.807, 2.05) is 51.1 Å². The first-order valence-electron chi connectivity index (χ1n) is 7.17. The van der Waals surface area contributed by atoms with Gasteiger partial charge in [-0.3, -0.25) is 0 Å². The summed E-state index contributed by atoms with van der Waals surface area (Å²) in [6.07, 6.45) is 0. The quantitative estimate of drug-likeness (QED) is 0.855. The van der Waals surface area contributed by atoms with Crippen molar-refractivity contribution in [3.63, 3.8) is 0 Å². The van der Waals surface area contributed by atoms with Gasteiger partial charge in [-0.2, -0.15) is 0 Å². The first-order valence-corrected chi connectivity index (χ1v) is 7.17. The third kappa shape index (κ3) is 3.85. The molecule has 3 heteroatoms. The highest BCUT2D eigenvalue weighted by Gasteiger charge is 2.11. The van der Waals surface area contributed by atoms with E-state index in [2.05, 4.69) is 29.7 Å². The van der Waals surface area contributed by atoms with Crippen LogP contribution in [0.4, 0.5) is 10.5 Å². The fourth-order valence-electron chi connectivity index (χ4n) is 2.46. The van der Waals surface area contributed by atoms with Crippen LogP contribution < -0.4 is 10.6 Å². The standard InChI is InChI=1S/C18H22N2O/c1-12-9-10-17(14(3)11-12)20-18(21)19-15(4)16-8-6-5-7-13(16)2/h5-11,15H,1-4H3,(H2,19,20,21)/t15-/m0/s1. The van der Waals surface area contributed by atoms with E-state index in [4.69, 9.17) is 0 Å². The largest absolute Gasteiger partial charge is 0.331 e. The number of benzene rings is 2. The van der Waals surface area contributed by atoms with Crippen molar-refractivity contribution >= 4 is 11.7 Å². The number of aryl methyl sites for hydroxylation is 3. The summed E-state index contributed by atoms with van der Waals surface area (Å²) < 4.78 is 0. The molecule has 0 fully saturated rings. The van der Waals surface area contributed by atoms with Crippen LogP contribution in [0.1, 0.15) is 35.2 Å². The maximum absolute atomic E-state index is 12.1. The van der Waals surface area contributed by atoms with Gasteiger partial charge >= 0.3 is 6.03 Å². The number of rotatable bonds is 3. The van der Waals surface area contributed by atoms with Crippen LogP contribution in [0, 0.1) is 20.8 Å². The Kier molecular flexibility index (Phi) is 4.63. The van der Waals surface area contributed by atoms with Crippen LogP contribution in [0.5, 0.6) is 0 Å². The monoisotopic (exact) mass is 282 g/mol. The lowest BCUT2D eigenvalue weighted by Crippen LogP contribution is -2.31. The first kappa shape index (κ1) is 15.1. The molecule has 0 bridgehead atoms. The van der Waals surface area contributed by atoms with Gasteiger partial charge in [0, 0.05) is 5.69 Å². The zero-order valence-corrected chi connectivity index (χ0v) is 13.0. The Morgan fingerprint density at radius 1 is 1.00 bits per heavy atom. The normalized spacial score (nSPS) is 11.8. The molecule has 2 amide bonds. The van der Waals surface area contributed by atoms with Crippen LogP contribution in [0.3, 0.4) is 0 Å². The Morgan fingerprint density at radius 3 is 2.38 bits per heavy atom. The number of nitrogens with one attached hydrogen (secondary N) is 2. The molecule has 0 aliphatic heterocycles. The van der Waals surface area contributed by atoms with Gasteiger partial charge in [0.05, 0.1) is 6.04 Å². The number of urea groups is 1. The third-order valence-corrected chi connectivity index (χ3v) is 3.63. The molecule has 0 unspecified atom stereocenters. The first-order chi connectivity index (χ1) is 9.97. The second kappa shape index (κ2) is 6.44. The lowest BCUT2D eigenvalue weighted by atomic mass is 10.0. The van der Waals surface area contributed by atoms with Gasteiger partial charge < -0.3 is 10.6 Å². The van der Waals surface area contributed by atoms with Gasteiger partial charge in [-0.25, -0.2) is 4.79 Å². The Labute approximate surface area is 126 Å². The molecule has 0 saturated carbocycles. The summed E-state index contributed by atoms with van der Waals surface area (Å²) in [6, 6.07) is 13.8. The summed E-state index contributed by atoms with van der Waals surface area (Å²) in [5.74, 6) is 0. The van der Waals surface area contributed by atoms with Crippen molar-refractivity contribution in [3.05, 3.63) is 64.7 Å². The zero-order valence-electron chi connectivity index (χ0n) is 13.0. The van der Waals surface area contributed by atoms with Crippen LogP contribution in [0.15, 0.2) is 42.5 Å². The highest BCUT2D eigenvalue weighted by atomic mass is 16.2. The van der Waals surface area contributed by atoms with Crippen molar-refractivity contribution in [2.24, 2.45) is 0 Å². The SMILES string of the molecule is Cc1ccc(NC(=O)N[C@@H](C)c2ccccc2C)c(C)c1. The van der Waals surface area contributed by atoms with Gasteiger partial charge in [0.2, 0.25) is 0 Å². The van der Waals surface area contributed by atoms with E-state index >= 15 is 0 Å². The van der Waals surface area contributed by atoms with Crippen LogP contribution in [0.25, 0.3) is 0 Å². The van der Waals surface area contributed by atoms with Gasteiger partial charge in [0.15, 0.2) is 0 Å². The van der Waals surface area contributed by atoms with Crippen molar-refractivity contribution in [1.29, 1.82) is 0 Å². The topological polar surface area (TPSA) is 41.1 Å². The van der Waals surface area contributed by atoms with Crippen LogP contribution >= 0.6 is 0 Å². The molecule has 2 aromatic rings. The van der Waals surface area contributed by atoms with Crippen molar-refractivity contribution in [3.8, 4) is 0 Å². The third-order valence-electron chi connectivity index (χ3n) is 3.63. The molecular weight excluding hydrogens is 260 g/mol. The lowest BCUT2D eigenvalue weighted by molar-refractivity contribution is 0.249. The second-order valence-electron chi connectivity index (χ2n) is 5.50. The van der Waals surface area contributed by atoms with E-state index in [1.54, 1.807) is 0 Å².